The Hall–Kier alpha value is -1.29. The molecule has 0 bridgehead atoms. The van der Waals surface area contributed by atoms with Gasteiger partial charge in [0.15, 0.2) is 0 Å². The zero-order valence-electron chi connectivity index (χ0n) is 12.3. The van der Waals surface area contributed by atoms with Gasteiger partial charge in [-0.3, -0.25) is 4.79 Å². The predicted molar refractivity (Wildman–Crippen MR) is 75.4 cm³/mol. The van der Waals surface area contributed by atoms with Crippen molar-refractivity contribution in [3.05, 3.63) is 23.2 Å². The van der Waals surface area contributed by atoms with Crippen molar-refractivity contribution >= 4 is 5.91 Å². The van der Waals surface area contributed by atoms with Gasteiger partial charge >= 0.3 is 0 Å². The van der Waals surface area contributed by atoms with Gasteiger partial charge in [-0.15, -0.1) is 0 Å². The number of carbonyl (C=O) groups is 1. The topological polar surface area (TPSA) is 45.5 Å². The van der Waals surface area contributed by atoms with E-state index in [2.05, 4.69) is 19.2 Å². The van der Waals surface area contributed by atoms with Gasteiger partial charge in [0, 0.05) is 25.2 Å². The van der Waals surface area contributed by atoms with Crippen LogP contribution in [-0.4, -0.2) is 36.0 Å². The van der Waals surface area contributed by atoms with Crippen LogP contribution in [0.15, 0.2) is 10.5 Å². The molecular formula is C15H24N2O2. The minimum atomic E-state index is 0.112. The Morgan fingerprint density at radius 3 is 2.68 bits per heavy atom. The third-order valence-electron chi connectivity index (χ3n) is 4.00. The lowest BCUT2D eigenvalue weighted by Gasteiger charge is -2.40. The number of rotatable bonds is 3. The Kier molecular flexibility index (Phi) is 4.30. The van der Waals surface area contributed by atoms with Crippen molar-refractivity contribution in [2.45, 2.75) is 52.6 Å². The lowest BCUT2D eigenvalue weighted by atomic mass is 10.0. The summed E-state index contributed by atoms with van der Waals surface area (Å²) in [5.41, 5.74) is 0.715. The molecule has 2 rings (SSSR count). The van der Waals surface area contributed by atoms with Crippen LogP contribution in [0.4, 0.5) is 0 Å². The van der Waals surface area contributed by atoms with Crippen LogP contribution in [0.2, 0.25) is 0 Å². The highest BCUT2D eigenvalue weighted by Crippen LogP contribution is 2.20. The van der Waals surface area contributed by atoms with Crippen molar-refractivity contribution in [1.29, 1.82) is 0 Å². The molecule has 2 atom stereocenters. The predicted octanol–water partition coefficient (Wildman–Crippen LogP) is 2.50. The van der Waals surface area contributed by atoms with E-state index in [9.17, 15) is 4.79 Å². The molecule has 0 saturated carbocycles. The standard InChI is InChI=1S/C15H24N2O2/c1-5-12-9-17(13(6-2)8-16-12)15(18)14-7-10(3)19-11(14)4/h7,12-13,16H,5-6,8-9H2,1-4H3. The Morgan fingerprint density at radius 1 is 1.42 bits per heavy atom. The maximum atomic E-state index is 12.7. The monoisotopic (exact) mass is 264 g/mol. The van der Waals surface area contributed by atoms with Crippen molar-refractivity contribution in [3.8, 4) is 0 Å². The van der Waals surface area contributed by atoms with Gasteiger partial charge in [-0.25, -0.2) is 0 Å². The normalized spacial score (nSPS) is 23.7. The Bertz CT molecular complexity index is 453. The molecule has 106 valence electrons. The number of nitrogens with zero attached hydrogens (tertiary/aromatic N) is 1. The lowest BCUT2D eigenvalue weighted by Crippen LogP contribution is -2.57. The molecule has 1 aromatic rings. The van der Waals surface area contributed by atoms with Crippen LogP contribution in [0.5, 0.6) is 0 Å². The zero-order chi connectivity index (χ0) is 14.0. The molecule has 2 unspecified atom stereocenters. The molecule has 0 aromatic carbocycles. The third-order valence-corrected chi connectivity index (χ3v) is 4.00. The van der Waals surface area contributed by atoms with Gasteiger partial charge in [0.2, 0.25) is 0 Å². The van der Waals surface area contributed by atoms with Gasteiger partial charge < -0.3 is 14.6 Å². The van der Waals surface area contributed by atoms with Gasteiger partial charge in [-0.1, -0.05) is 13.8 Å². The van der Waals surface area contributed by atoms with Gasteiger partial charge in [-0.05, 0) is 32.8 Å². The molecule has 0 aliphatic carbocycles. The van der Waals surface area contributed by atoms with Crippen molar-refractivity contribution in [3.63, 3.8) is 0 Å². The summed E-state index contributed by atoms with van der Waals surface area (Å²) in [6.45, 7) is 9.70. The van der Waals surface area contributed by atoms with Gasteiger partial charge in [-0.2, -0.15) is 0 Å². The molecular weight excluding hydrogens is 240 g/mol. The van der Waals surface area contributed by atoms with Crippen LogP contribution < -0.4 is 5.32 Å². The summed E-state index contributed by atoms with van der Waals surface area (Å²) in [5.74, 6) is 1.64. The highest BCUT2D eigenvalue weighted by molar-refractivity contribution is 5.95. The van der Waals surface area contributed by atoms with E-state index < -0.39 is 0 Å². The molecule has 1 aromatic heterocycles. The minimum Gasteiger partial charge on any atom is -0.466 e. The first kappa shape index (κ1) is 14.1. The molecule has 1 saturated heterocycles. The lowest BCUT2D eigenvalue weighted by molar-refractivity contribution is 0.0574. The van der Waals surface area contributed by atoms with Crippen LogP contribution in [-0.2, 0) is 0 Å². The van der Waals surface area contributed by atoms with Crippen molar-refractivity contribution in [1.82, 2.24) is 10.2 Å². The fraction of sp³-hybridized carbons (Fsp3) is 0.667. The first-order chi connectivity index (χ1) is 9.06. The Labute approximate surface area is 115 Å². The van der Waals surface area contributed by atoms with Crippen LogP contribution in [0, 0.1) is 13.8 Å². The van der Waals surface area contributed by atoms with Crippen LogP contribution in [0.25, 0.3) is 0 Å². The third kappa shape index (κ3) is 2.84. The fourth-order valence-corrected chi connectivity index (χ4v) is 2.75. The average molecular weight is 264 g/mol. The summed E-state index contributed by atoms with van der Waals surface area (Å²) in [6.07, 6.45) is 2.02. The molecule has 1 aliphatic heterocycles. The second-order valence-corrected chi connectivity index (χ2v) is 5.36. The molecule has 1 amide bonds. The number of hydrogen-bond donors (Lipinski definition) is 1. The molecule has 2 heterocycles. The summed E-state index contributed by atoms with van der Waals surface area (Å²) in [4.78, 5) is 14.7. The first-order valence-electron chi connectivity index (χ1n) is 7.18. The first-order valence-corrected chi connectivity index (χ1v) is 7.18. The van der Waals surface area contributed by atoms with E-state index in [4.69, 9.17) is 4.42 Å². The smallest absolute Gasteiger partial charge is 0.257 e. The van der Waals surface area contributed by atoms with Gasteiger partial charge in [0.1, 0.15) is 11.5 Å². The highest BCUT2D eigenvalue weighted by Gasteiger charge is 2.31. The fourth-order valence-electron chi connectivity index (χ4n) is 2.75. The minimum absolute atomic E-state index is 0.112. The van der Waals surface area contributed by atoms with E-state index in [1.54, 1.807) is 0 Å². The van der Waals surface area contributed by atoms with E-state index in [0.29, 0.717) is 11.6 Å². The molecule has 4 nitrogen and oxygen atoms in total. The van der Waals surface area contributed by atoms with Crippen LogP contribution in [0.3, 0.4) is 0 Å². The SMILES string of the molecule is CCC1CN(C(=O)c2cc(C)oc2C)C(CC)CN1. The number of piperazine rings is 1. The number of amides is 1. The van der Waals surface area contributed by atoms with E-state index in [1.807, 2.05) is 24.8 Å². The largest absolute Gasteiger partial charge is 0.466 e. The van der Waals surface area contributed by atoms with E-state index in [-0.39, 0.29) is 11.9 Å². The second-order valence-electron chi connectivity index (χ2n) is 5.36. The number of aryl methyl sites for hydroxylation is 2. The molecule has 19 heavy (non-hydrogen) atoms. The van der Waals surface area contributed by atoms with E-state index in [0.717, 1.165) is 37.5 Å². The Morgan fingerprint density at radius 2 is 2.16 bits per heavy atom. The number of carbonyl (C=O) groups excluding carboxylic acids is 1. The number of hydrogen-bond acceptors (Lipinski definition) is 3. The quantitative estimate of drug-likeness (QED) is 0.912. The highest BCUT2D eigenvalue weighted by atomic mass is 16.3. The van der Waals surface area contributed by atoms with Crippen molar-refractivity contribution < 1.29 is 9.21 Å². The summed E-state index contributed by atoms with van der Waals surface area (Å²) in [7, 11) is 0. The summed E-state index contributed by atoms with van der Waals surface area (Å²) in [6, 6.07) is 2.54. The van der Waals surface area contributed by atoms with Crippen molar-refractivity contribution in [2.75, 3.05) is 13.1 Å². The summed E-state index contributed by atoms with van der Waals surface area (Å²) < 4.78 is 5.49. The van der Waals surface area contributed by atoms with Crippen LogP contribution in [0.1, 0.15) is 48.6 Å². The zero-order valence-corrected chi connectivity index (χ0v) is 12.3. The second kappa shape index (κ2) is 5.78. The molecule has 0 radical (unpaired) electrons. The molecule has 1 fully saturated rings. The van der Waals surface area contributed by atoms with Gasteiger partial charge in [0.05, 0.1) is 5.56 Å². The summed E-state index contributed by atoms with van der Waals surface area (Å²) >= 11 is 0. The van der Waals surface area contributed by atoms with Crippen LogP contribution >= 0.6 is 0 Å². The van der Waals surface area contributed by atoms with Gasteiger partial charge in [0.25, 0.3) is 5.91 Å². The molecule has 0 spiro atoms. The Balaban J connectivity index is 2.21. The van der Waals surface area contributed by atoms with Crippen molar-refractivity contribution in [2.24, 2.45) is 0 Å². The maximum absolute atomic E-state index is 12.7. The molecule has 1 N–H and O–H groups in total. The average Bonchev–Trinajstić information content (AvgIpc) is 2.76. The number of nitrogens with one attached hydrogen (secondary N) is 1. The number of furan rings is 1. The summed E-state index contributed by atoms with van der Waals surface area (Å²) in [5, 5.41) is 3.51. The maximum Gasteiger partial charge on any atom is 0.257 e. The van der Waals surface area contributed by atoms with E-state index in [1.165, 1.54) is 0 Å². The van der Waals surface area contributed by atoms with E-state index >= 15 is 0 Å². The molecule has 4 heteroatoms. The molecule has 1 aliphatic rings.